The monoisotopic (exact) mass is 450 g/mol. The molecule has 0 atom stereocenters. The average Bonchev–Trinajstić information content (AvgIpc) is 2.47. The van der Waals surface area contributed by atoms with Gasteiger partial charge in [0.15, 0.2) is 0 Å². The van der Waals surface area contributed by atoms with Crippen LogP contribution < -0.4 is 0 Å². The molecule has 0 aromatic heterocycles. The second kappa shape index (κ2) is 6.80. The second-order valence-corrected chi connectivity index (χ2v) is 11.2. The number of sulfone groups is 1. The number of hydrogen-bond donors (Lipinski definition) is 0. The van der Waals surface area contributed by atoms with Crippen LogP contribution in [0.3, 0.4) is 0 Å². The van der Waals surface area contributed by atoms with Gasteiger partial charge in [-0.1, -0.05) is 93.9 Å². The van der Waals surface area contributed by atoms with Crippen molar-refractivity contribution in [3.8, 4) is 0 Å². The lowest BCUT2D eigenvalue weighted by Crippen LogP contribution is -2.36. The van der Waals surface area contributed by atoms with Gasteiger partial charge in [-0.15, -0.1) is 0 Å². The first kappa shape index (κ1) is 19.5. The minimum atomic E-state index is -4.49. The Hall–Kier alpha value is 0.130. The van der Waals surface area contributed by atoms with Crippen LogP contribution in [0.1, 0.15) is 11.1 Å². The Morgan fingerprint density at radius 3 is 1.13 bits per heavy atom. The van der Waals surface area contributed by atoms with E-state index in [-0.39, 0.29) is 11.1 Å². The van der Waals surface area contributed by atoms with E-state index in [1.165, 1.54) is 48.5 Å². The summed E-state index contributed by atoms with van der Waals surface area (Å²) in [6.07, 6.45) is 0. The maximum atomic E-state index is 12.9. The van der Waals surface area contributed by atoms with Crippen LogP contribution in [0.5, 0.6) is 0 Å². The molecule has 0 aliphatic heterocycles. The molecule has 2 nitrogen and oxygen atoms in total. The summed E-state index contributed by atoms with van der Waals surface area (Å²) in [7, 11) is -4.49. The lowest BCUT2D eigenvalue weighted by atomic mass is 10.2. The van der Waals surface area contributed by atoms with Crippen molar-refractivity contribution in [3.05, 3.63) is 69.7 Å². The van der Waals surface area contributed by atoms with Gasteiger partial charge in [0.05, 0.1) is 0 Å². The lowest BCUT2D eigenvalue weighted by molar-refractivity contribution is 0.583. The van der Waals surface area contributed by atoms with E-state index in [2.05, 4.69) is 0 Å². The first-order chi connectivity index (χ1) is 10.5. The highest BCUT2D eigenvalue weighted by molar-refractivity contribution is 7.98. The third-order valence-corrected chi connectivity index (χ3v) is 8.67. The summed E-state index contributed by atoms with van der Waals surface area (Å²) in [4.78, 5) is 0. The molecule has 124 valence electrons. The summed E-state index contributed by atoms with van der Waals surface area (Å²) in [5.41, 5.74) is 0.148. The molecule has 0 unspecified atom stereocenters. The number of rotatable bonds is 4. The largest absolute Gasteiger partial charge is 0.246 e. The highest BCUT2D eigenvalue weighted by Gasteiger charge is 2.55. The quantitative estimate of drug-likeness (QED) is 0.511. The molecule has 0 aliphatic carbocycles. The average molecular weight is 453 g/mol. The topological polar surface area (TPSA) is 34.1 Å². The van der Waals surface area contributed by atoms with Crippen LogP contribution in [0.4, 0.5) is 0 Å². The smallest absolute Gasteiger partial charge is 0.222 e. The predicted octanol–water partition coefficient (Wildman–Crippen LogP) is 6.28. The molecule has 0 spiro atoms. The van der Waals surface area contributed by atoms with Crippen LogP contribution in [0.2, 0.25) is 10.0 Å². The van der Waals surface area contributed by atoms with Gasteiger partial charge in [-0.2, -0.15) is 0 Å². The van der Waals surface area contributed by atoms with Gasteiger partial charge in [0.2, 0.25) is 17.2 Å². The number of benzene rings is 2. The van der Waals surface area contributed by atoms with Crippen molar-refractivity contribution in [2.75, 3.05) is 0 Å². The molecule has 0 amide bonds. The fourth-order valence-electron chi connectivity index (χ4n) is 1.76. The molecular formula is C14H8Cl6O2S. The van der Waals surface area contributed by atoms with E-state index < -0.39 is 17.2 Å². The van der Waals surface area contributed by atoms with Crippen LogP contribution in [0, 0.1) is 0 Å². The molecule has 2 aromatic rings. The normalized spacial score (nSPS) is 13.1. The summed E-state index contributed by atoms with van der Waals surface area (Å²) in [6.45, 7) is 0. The summed E-state index contributed by atoms with van der Waals surface area (Å²) in [6, 6.07) is 11.3. The highest BCUT2D eigenvalue weighted by atomic mass is 35.5. The van der Waals surface area contributed by atoms with Crippen molar-refractivity contribution in [2.24, 2.45) is 0 Å². The maximum Gasteiger partial charge on any atom is 0.246 e. The minimum Gasteiger partial charge on any atom is -0.222 e. The molecule has 0 saturated heterocycles. The van der Waals surface area contributed by atoms with Crippen LogP contribution in [0.25, 0.3) is 0 Å². The van der Waals surface area contributed by atoms with Crippen LogP contribution >= 0.6 is 69.6 Å². The molecule has 0 bridgehead atoms. The van der Waals surface area contributed by atoms with Crippen molar-refractivity contribution in [1.29, 1.82) is 0 Å². The number of alkyl halides is 4. The third kappa shape index (κ3) is 3.57. The van der Waals surface area contributed by atoms with Gasteiger partial charge in [0.1, 0.15) is 0 Å². The Morgan fingerprint density at radius 2 is 0.870 bits per heavy atom. The summed E-state index contributed by atoms with van der Waals surface area (Å²) in [5.74, 6) is 0. The maximum absolute atomic E-state index is 12.9. The van der Waals surface area contributed by atoms with Crippen molar-refractivity contribution in [2.45, 2.75) is 7.33 Å². The highest BCUT2D eigenvalue weighted by Crippen LogP contribution is 2.53. The summed E-state index contributed by atoms with van der Waals surface area (Å²) >= 11 is 36.0. The molecule has 2 rings (SSSR count). The Balaban J connectivity index is 2.54. The molecule has 0 heterocycles. The van der Waals surface area contributed by atoms with Gasteiger partial charge < -0.3 is 0 Å². The van der Waals surface area contributed by atoms with Gasteiger partial charge >= 0.3 is 0 Å². The predicted molar refractivity (Wildman–Crippen MR) is 98.6 cm³/mol. The van der Waals surface area contributed by atoms with Crippen LogP contribution in [0.15, 0.2) is 48.5 Å². The van der Waals surface area contributed by atoms with E-state index in [0.29, 0.717) is 10.0 Å². The molecular weight excluding hydrogens is 445 g/mol. The molecule has 0 radical (unpaired) electrons. The van der Waals surface area contributed by atoms with E-state index >= 15 is 0 Å². The number of halogens is 6. The standard InChI is InChI=1S/C14H8Cl6O2S/c15-11-5-1-9(2-6-11)13(17,18)23(21,22)14(19,20)10-3-7-12(16)8-4-10/h1-8H. The Labute approximate surface area is 164 Å². The zero-order valence-corrected chi connectivity index (χ0v) is 16.5. The Bertz CT molecular complexity index is 735. The first-order valence-electron chi connectivity index (χ1n) is 6.02. The van der Waals surface area contributed by atoms with Crippen LogP contribution in [-0.2, 0) is 17.2 Å². The Morgan fingerprint density at radius 1 is 0.609 bits per heavy atom. The zero-order valence-electron chi connectivity index (χ0n) is 11.1. The fourth-order valence-corrected chi connectivity index (χ4v) is 5.59. The van der Waals surface area contributed by atoms with Gasteiger partial charge in [-0.3, -0.25) is 0 Å². The summed E-state index contributed by atoms with van der Waals surface area (Å²) in [5, 5.41) is 0.798. The third-order valence-electron chi connectivity index (χ3n) is 3.04. The second-order valence-electron chi connectivity index (χ2n) is 4.55. The molecule has 0 fully saturated rings. The minimum absolute atomic E-state index is 0.0740. The fraction of sp³-hybridized carbons (Fsp3) is 0.143. The van der Waals surface area contributed by atoms with E-state index in [0.717, 1.165) is 0 Å². The SMILES string of the molecule is O=S(=O)(C(Cl)(Cl)c1ccc(Cl)cc1)C(Cl)(Cl)c1ccc(Cl)cc1. The van der Waals surface area contributed by atoms with Crippen LogP contribution in [-0.4, -0.2) is 8.42 Å². The Kier molecular flexibility index (Phi) is 5.75. The molecule has 0 aliphatic rings. The van der Waals surface area contributed by atoms with Gasteiger partial charge in [-0.25, -0.2) is 8.42 Å². The molecule has 0 N–H and O–H groups in total. The zero-order chi connectivity index (χ0) is 17.5. The summed E-state index contributed by atoms with van der Waals surface area (Å²) < 4.78 is 21.0. The molecule has 9 heteroatoms. The first-order valence-corrected chi connectivity index (χ1v) is 9.77. The van der Waals surface area contributed by atoms with Crippen molar-refractivity contribution in [3.63, 3.8) is 0 Å². The van der Waals surface area contributed by atoms with Crippen molar-refractivity contribution >= 4 is 79.4 Å². The molecule has 0 saturated carbocycles. The van der Waals surface area contributed by atoms with E-state index in [4.69, 9.17) is 69.6 Å². The van der Waals surface area contributed by atoms with Gasteiger partial charge in [0, 0.05) is 21.2 Å². The van der Waals surface area contributed by atoms with Crippen molar-refractivity contribution < 1.29 is 8.42 Å². The van der Waals surface area contributed by atoms with Crippen molar-refractivity contribution in [1.82, 2.24) is 0 Å². The van der Waals surface area contributed by atoms with Gasteiger partial charge in [0.25, 0.3) is 0 Å². The van der Waals surface area contributed by atoms with E-state index in [1.807, 2.05) is 0 Å². The molecule has 2 aromatic carbocycles. The van der Waals surface area contributed by atoms with E-state index in [9.17, 15) is 8.42 Å². The van der Waals surface area contributed by atoms with E-state index in [1.54, 1.807) is 0 Å². The number of hydrogen-bond acceptors (Lipinski definition) is 2. The molecule has 23 heavy (non-hydrogen) atoms. The van der Waals surface area contributed by atoms with Gasteiger partial charge in [-0.05, 0) is 24.3 Å². The lowest BCUT2D eigenvalue weighted by Gasteiger charge is -2.29.